The average molecular weight is 425 g/mol. The zero-order chi connectivity index (χ0) is 22.0. The second kappa shape index (κ2) is 9.28. The molecule has 1 unspecified atom stereocenters. The second-order valence-corrected chi connectivity index (χ2v) is 8.71. The van der Waals surface area contributed by atoms with Gasteiger partial charge in [-0.3, -0.25) is 9.69 Å². The molecule has 0 saturated carbocycles. The fourth-order valence-electron chi connectivity index (χ4n) is 4.38. The number of benzene rings is 1. The average Bonchev–Trinajstić information content (AvgIpc) is 3.34. The maximum absolute atomic E-state index is 12.8. The van der Waals surface area contributed by atoms with Gasteiger partial charge in [0.25, 0.3) is 0 Å². The Morgan fingerprint density at radius 2 is 1.94 bits per heavy atom. The third kappa shape index (κ3) is 4.86. The predicted octanol–water partition coefficient (Wildman–Crippen LogP) is 4.50. The van der Waals surface area contributed by atoms with Crippen LogP contribution in [0.15, 0.2) is 39.4 Å². The number of morpholine rings is 1. The zero-order valence-electron chi connectivity index (χ0n) is 18.9. The summed E-state index contributed by atoms with van der Waals surface area (Å²) in [6, 6.07) is 8.21. The van der Waals surface area contributed by atoms with Gasteiger partial charge in [-0.1, -0.05) is 13.8 Å². The highest BCUT2D eigenvalue weighted by atomic mass is 16.5. The number of carbonyl (C=O) groups is 1. The normalized spacial score (nSPS) is 16.2. The SMILES string of the molecule is Cc1ccc(C(CNC(=O)Cc2coc3cc(C)c(C(C)C)cc23)N2CCOCC2)o1. The summed E-state index contributed by atoms with van der Waals surface area (Å²) in [4.78, 5) is 15.1. The Kier molecular flexibility index (Phi) is 6.49. The van der Waals surface area contributed by atoms with E-state index in [1.165, 1.54) is 11.1 Å². The van der Waals surface area contributed by atoms with Crippen molar-refractivity contribution in [3.63, 3.8) is 0 Å². The topological polar surface area (TPSA) is 67.9 Å². The van der Waals surface area contributed by atoms with Gasteiger partial charge in [0, 0.05) is 30.6 Å². The number of furan rings is 2. The number of nitrogens with zero attached hydrogens (tertiary/aromatic N) is 1. The maximum atomic E-state index is 12.8. The first-order valence-corrected chi connectivity index (χ1v) is 11.1. The lowest BCUT2D eigenvalue weighted by atomic mass is 9.95. The van der Waals surface area contributed by atoms with E-state index in [2.05, 4.69) is 43.1 Å². The van der Waals surface area contributed by atoms with Gasteiger partial charge in [-0.25, -0.2) is 0 Å². The lowest BCUT2D eigenvalue weighted by Crippen LogP contribution is -2.43. The molecule has 1 aromatic carbocycles. The number of amides is 1. The minimum absolute atomic E-state index is 0.00200. The second-order valence-electron chi connectivity index (χ2n) is 8.71. The molecular weight excluding hydrogens is 392 g/mol. The van der Waals surface area contributed by atoms with Crippen molar-refractivity contribution in [2.24, 2.45) is 0 Å². The third-order valence-electron chi connectivity index (χ3n) is 6.08. The molecule has 4 rings (SSSR count). The lowest BCUT2D eigenvalue weighted by molar-refractivity contribution is -0.120. The van der Waals surface area contributed by atoms with E-state index in [-0.39, 0.29) is 11.9 Å². The molecule has 1 atom stereocenters. The molecule has 0 aliphatic carbocycles. The lowest BCUT2D eigenvalue weighted by Gasteiger charge is -2.33. The fourth-order valence-corrected chi connectivity index (χ4v) is 4.38. The molecule has 3 aromatic rings. The Morgan fingerprint density at radius 3 is 2.61 bits per heavy atom. The number of hydrogen-bond acceptors (Lipinski definition) is 5. The zero-order valence-corrected chi connectivity index (χ0v) is 18.9. The summed E-state index contributed by atoms with van der Waals surface area (Å²) in [7, 11) is 0. The summed E-state index contributed by atoms with van der Waals surface area (Å²) in [6.45, 7) is 11.9. The highest BCUT2D eigenvalue weighted by molar-refractivity contribution is 5.88. The Bertz CT molecular complexity index is 1040. The third-order valence-corrected chi connectivity index (χ3v) is 6.08. The van der Waals surface area contributed by atoms with E-state index < -0.39 is 0 Å². The number of fused-ring (bicyclic) bond motifs is 1. The highest BCUT2D eigenvalue weighted by Crippen LogP contribution is 2.29. The first-order valence-electron chi connectivity index (χ1n) is 11.1. The number of carbonyl (C=O) groups excluding carboxylic acids is 1. The molecule has 1 aliphatic rings. The van der Waals surface area contributed by atoms with Crippen LogP contribution >= 0.6 is 0 Å². The van der Waals surface area contributed by atoms with Crippen LogP contribution in [-0.2, 0) is 16.0 Å². The molecule has 1 N–H and O–H groups in total. The summed E-state index contributed by atoms with van der Waals surface area (Å²) in [5, 5.41) is 4.14. The number of rotatable bonds is 7. The predicted molar refractivity (Wildman–Crippen MR) is 120 cm³/mol. The van der Waals surface area contributed by atoms with Gasteiger partial charge in [0.2, 0.25) is 5.91 Å². The molecule has 3 heterocycles. The summed E-state index contributed by atoms with van der Waals surface area (Å²) >= 11 is 0. The van der Waals surface area contributed by atoms with E-state index in [0.717, 1.165) is 41.1 Å². The molecule has 1 aliphatic heterocycles. The number of aryl methyl sites for hydroxylation is 2. The van der Waals surface area contributed by atoms with Crippen molar-refractivity contribution in [2.45, 2.75) is 46.1 Å². The molecule has 1 amide bonds. The Balaban J connectivity index is 1.46. The molecule has 31 heavy (non-hydrogen) atoms. The maximum Gasteiger partial charge on any atom is 0.224 e. The van der Waals surface area contributed by atoms with Gasteiger partial charge in [-0.05, 0) is 55.2 Å². The van der Waals surface area contributed by atoms with Crippen LogP contribution < -0.4 is 5.32 Å². The molecule has 1 fully saturated rings. The standard InChI is InChI=1S/C25H32N2O4/c1-16(2)20-13-21-19(15-30-24(21)11-17(20)3)12-25(28)26-14-22(23-6-5-18(4)31-23)27-7-9-29-10-8-27/h5-6,11,13,15-16,22H,7-10,12,14H2,1-4H3,(H,26,28). The van der Waals surface area contributed by atoms with Crippen LogP contribution in [0.3, 0.4) is 0 Å². The van der Waals surface area contributed by atoms with Gasteiger partial charge >= 0.3 is 0 Å². The van der Waals surface area contributed by atoms with E-state index in [9.17, 15) is 4.79 Å². The first-order chi connectivity index (χ1) is 14.9. The van der Waals surface area contributed by atoms with Crippen molar-refractivity contribution in [3.05, 3.63) is 58.7 Å². The summed E-state index contributed by atoms with van der Waals surface area (Å²) < 4.78 is 17.1. The van der Waals surface area contributed by atoms with Gasteiger partial charge in [-0.2, -0.15) is 0 Å². The van der Waals surface area contributed by atoms with Gasteiger partial charge in [0.15, 0.2) is 0 Å². The van der Waals surface area contributed by atoms with E-state index in [4.69, 9.17) is 13.6 Å². The minimum Gasteiger partial charge on any atom is -0.465 e. The van der Waals surface area contributed by atoms with Gasteiger partial charge in [0.1, 0.15) is 17.1 Å². The van der Waals surface area contributed by atoms with Crippen molar-refractivity contribution < 1.29 is 18.4 Å². The molecule has 6 nitrogen and oxygen atoms in total. The smallest absolute Gasteiger partial charge is 0.224 e. The Morgan fingerprint density at radius 1 is 1.16 bits per heavy atom. The largest absolute Gasteiger partial charge is 0.465 e. The van der Waals surface area contributed by atoms with E-state index in [0.29, 0.717) is 32.1 Å². The molecule has 0 spiro atoms. The van der Waals surface area contributed by atoms with Crippen LogP contribution in [0.1, 0.15) is 54.0 Å². The van der Waals surface area contributed by atoms with Crippen LogP contribution in [-0.4, -0.2) is 43.7 Å². The van der Waals surface area contributed by atoms with Gasteiger partial charge in [0.05, 0.1) is 31.9 Å². The fraction of sp³-hybridized carbons (Fsp3) is 0.480. The van der Waals surface area contributed by atoms with Crippen LogP contribution in [0.25, 0.3) is 11.0 Å². The van der Waals surface area contributed by atoms with Crippen LogP contribution in [0.4, 0.5) is 0 Å². The Hall–Kier alpha value is -2.57. The molecular formula is C25H32N2O4. The van der Waals surface area contributed by atoms with E-state index in [1.54, 1.807) is 6.26 Å². The molecule has 1 saturated heterocycles. The van der Waals surface area contributed by atoms with Crippen molar-refractivity contribution in [3.8, 4) is 0 Å². The first kappa shape index (κ1) is 21.7. The summed E-state index contributed by atoms with van der Waals surface area (Å²) in [6.07, 6.45) is 2.00. The molecule has 2 aromatic heterocycles. The summed E-state index contributed by atoms with van der Waals surface area (Å²) in [5.74, 6) is 2.16. The Labute approximate surface area is 183 Å². The summed E-state index contributed by atoms with van der Waals surface area (Å²) in [5.41, 5.74) is 4.26. The van der Waals surface area contributed by atoms with Crippen molar-refractivity contribution in [2.75, 3.05) is 32.8 Å². The van der Waals surface area contributed by atoms with Crippen LogP contribution in [0.5, 0.6) is 0 Å². The number of hydrogen-bond donors (Lipinski definition) is 1. The molecule has 0 radical (unpaired) electrons. The van der Waals surface area contributed by atoms with Crippen LogP contribution in [0.2, 0.25) is 0 Å². The van der Waals surface area contributed by atoms with Crippen molar-refractivity contribution in [1.29, 1.82) is 0 Å². The minimum atomic E-state index is -0.0177. The molecule has 6 heteroatoms. The number of nitrogens with one attached hydrogen (secondary N) is 1. The van der Waals surface area contributed by atoms with Crippen LogP contribution in [0, 0.1) is 13.8 Å². The number of ether oxygens (including phenoxy) is 1. The van der Waals surface area contributed by atoms with E-state index >= 15 is 0 Å². The quantitative estimate of drug-likeness (QED) is 0.605. The highest BCUT2D eigenvalue weighted by Gasteiger charge is 2.26. The van der Waals surface area contributed by atoms with Gasteiger partial charge in [-0.15, -0.1) is 0 Å². The molecule has 166 valence electrons. The van der Waals surface area contributed by atoms with Crippen molar-refractivity contribution >= 4 is 16.9 Å². The van der Waals surface area contributed by atoms with Crippen molar-refractivity contribution in [1.82, 2.24) is 10.2 Å². The molecule has 0 bridgehead atoms. The van der Waals surface area contributed by atoms with E-state index in [1.807, 2.05) is 19.1 Å². The van der Waals surface area contributed by atoms with Gasteiger partial charge < -0.3 is 18.9 Å². The monoisotopic (exact) mass is 424 g/mol.